The zero-order valence-corrected chi connectivity index (χ0v) is 11.3. The Kier molecular flexibility index (Phi) is 2.67. The van der Waals surface area contributed by atoms with Crippen LogP contribution in [0.5, 0.6) is 0 Å². The van der Waals surface area contributed by atoms with Gasteiger partial charge in [-0.25, -0.2) is 14.4 Å². The number of rotatable bonds is 1. The van der Waals surface area contributed by atoms with E-state index in [1.54, 1.807) is 6.07 Å². The Morgan fingerprint density at radius 3 is 2.79 bits per heavy atom. The summed E-state index contributed by atoms with van der Waals surface area (Å²) >= 11 is 1.54. The van der Waals surface area contributed by atoms with Crippen LogP contribution in [0.25, 0.3) is 21.6 Å². The molecule has 96 valence electrons. The van der Waals surface area contributed by atoms with Crippen molar-refractivity contribution in [2.24, 2.45) is 0 Å². The number of aromatic nitrogens is 3. The zero-order valence-electron chi connectivity index (χ0n) is 10.4. The predicted octanol–water partition coefficient (Wildman–Crippen LogP) is 3.09. The first-order chi connectivity index (χ1) is 9.08. The molecule has 6 heteroatoms. The molecule has 19 heavy (non-hydrogen) atoms. The third-order valence-electron chi connectivity index (χ3n) is 3.07. The Labute approximate surface area is 113 Å². The summed E-state index contributed by atoms with van der Waals surface area (Å²) in [6, 6.07) is 1.54. The first-order valence-corrected chi connectivity index (χ1v) is 6.52. The van der Waals surface area contributed by atoms with Gasteiger partial charge in [0, 0.05) is 11.1 Å². The molecule has 3 rings (SSSR count). The average molecular weight is 274 g/mol. The average Bonchev–Trinajstić information content (AvgIpc) is 2.66. The minimum atomic E-state index is -0.453. The summed E-state index contributed by atoms with van der Waals surface area (Å²) in [5.41, 5.74) is 7.37. The number of halogens is 1. The van der Waals surface area contributed by atoms with E-state index in [0.29, 0.717) is 17.2 Å². The molecule has 2 N–H and O–H groups in total. The van der Waals surface area contributed by atoms with Crippen molar-refractivity contribution in [3.63, 3.8) is 0 Å². The Hall–Kier alpha value is -2.08. The molecular formula is C13H11FN4S. The number of hydrogen-bond acceptors (Lipinski definition) is 5. The second-order valence-electron chi connectivity index (χ2n) is 4.25. The molecule has 4 nitrogen and oxygen atoms in total. The molecule has 0 unspecified atom stereocenters. The smallest absolute Gasteiger partial charge is 0.166 e. The van der Waals surface area contributed by atoms with Crippen LogP contribution < -0.4 is 5.73 Å². The van der Waals surface area contributed by atoms with Crippen LogP contribution in [0.2, 0.25) is 0 Å². The number of hydrogen-bond donors (Lipinski definition) is 1. The molecule has 0 aliphatic carbocycles. The van der Waals surface area contributed by atoms with E-state index in [4.69, 9.17) is 5.73 Å². The molecule has 0 aliphatic rings. The van der Waals surface area contributed by atoms with E-state index in [0.717, 1.165) is 26.9 Å². The van der Waals surface area contributed by atoms with Crippen molar-refractivity contribution < 1.29 is 4.39 Å². The Bertz CT molecular complexity index is 782. The van der Waals surface area contributed by atoms with Crippen LogP contribution in [-0.4, -0.2) is 15.0 Å². The van der Waals surface area contributed by atoms with Crippen molar-refractivity contribution in [1.82, 2.24) is 15.0 Å². The fourth-order valence-corrected chi connectivity index (χ4v) is 2.99. The molecule has 0 radical (unpaired) electrons. The molecular weight excluding hydrogens is 263 g/mol. The maximum absolute atomic E-state index is 13.7. The largest absolute Gasteiger partial charge is 0.383 e. The van der Waals surface area contributed by atoms with Crippen LogP contribution in [0.4, 0.5) is 10.2 Å². The highest BCUT2D eigenvalue weighted by atomic mass is 32.1. The number of fused-ring (bicyclic) bond motifs is 1. The summed E-state index contributed by atoms with van der Waals surface area (Å²) in [6.07, 6.45) is 2.65. The highest BCUT2D eigenvalue weighted by Gasteiger charge is 2.15. The van der Waals surface area contributed by atoms with Crippen molar-refractivity contribution in [3.05, 3.63) is 34.7 Å². The first-order valence-electron chi connectivity index (χ1n) is 5.71. The van der Waals surface area contributed by atoms with Crippen LogP contribution in [0, 0.1) is 19.7 Å². The van der Waals surface area contributed by atoms with Crippen molar-refractivity contribution in [1.29, 1.82) is 0 Å². The van der Waals surface area contributed by atoms with Gasteiger partial charge in [-0.15, -0.1) is 11.3 Å². The standard InChI is InChI=1S/C13H11FN4S/c1-6-7(2)19-13-10(6)11(15)17-12(18-13)8-3-4-16-5-9(8)14/h3-5H,1-2H3,(H2,15,17,18). The fraction of sp³-hybridized carbons (Fsp3) is 0.154. The summed E-state index contributed by atoms with van der Waals surface area (Å²) in [6.45, 7) is 3.99. The van der Waals surface area contributed by atoms with E-state index in [1.807, 2.05) is 13.8 Å². The first kappa shape index (κ1) is 12.0. The van der Waals surface area contributed by atoms with E-state index >= 15 is 0 Å². The number of aryl methyl sites for hydroxylation is 2. The molecule has 0 saturated carbocycles. The number of nitrogen functional groups attached to an aromatic ring is 1. The van der Waals surface area contributed by atoms with Gasteiger partial charge in [-0.2, -0.15) is 0 Å². The topological polar surface area (TPSA) is 64.7 Å². The highest BCUT2D eigenvalue weighted by Crippen LogP contribution is 2.33. The van der Waals surface area contributed by atoms with Gasteiger partial charge in [-0.3, -0.25) is 4.98 Å². The van der Waals surface area contributed by atoms with E-state index in [2.05, 4.69) is 15.0 Å². The van der Waals surface area contributed by atoms with Gasteiger partial charge in [0.2, 0.25) is 0 Å². The lowest BCUT2D eigenvalue weighted by Crippen LogP contribution is -1.98. The molecule has 3 aromatic heterocycles. The minimum Gasteiger partial charge on any atom is -0.383 e. The minimum absolute atomic E-state index is 0.297. The zero-order chi connectivity index (χ0) is 13.6. The van der Waals surface area contributed by atoms with Gasteiger partial charge in [0.25, 0.3) is 0 Å². The summed E-state index contributed by atoms with van der Waals surface area (Å²) in [5.74, 6) is 0.232. The SMILES string of the molecule is Cc1sc2nc(-c3ccncc3F)nc(N)c2c1C. The summed E-state index contributed by atoms with van der Waals surface area (Å²) in [7, 11) is 0. The van der Waals surface area contributed by atoms with E-state index in [1.165, 1.54) is 17.5 Å². The molecule has 0 bridgehead atoms. The van der Waals surface area contributed by atoms with Crippen molar-refractivity contribution in [3.8, 4) is 11.4 Å². The normalized spacial score (nSPS) is 11.1. The number of thiophene rings is 1. The Balaban J connectivity index is 2.30. The quantitative estimate of drug-likeness (QED) is 0.740. The van der Waals surface area contributed by atoms with Crippen LogP contribution in [0.15, 0.2) is 18.5 Å². The van der Waals surface area contributed by atoms with E-state index in [9.17, 15) is 4.39 Å². The lowest BCUT2D eigenvalue weighted by Gasteiger charge is -2.04. The highest BCUT2D eigenvalue weighted by molar-refractivity contribution is 7.18. The Morgan fingerprint density at radius 2 is 2.05 bits per heavy atom. The summed E-state index contributed by atoms with van der Waals surface area (Å²) in [4.78, 5) is 14.3. The molecule has 0 aromatic carbocycles. The maximum Gasteiger partial charge on any atom is 0.166 e. The molecule has 0 amide bonds. The number of nitrogens with zero attached hydrogens (tertiary/aromatic N) is 3. The second kappa shape index (κ2) is 4.24. The second-order valence-corrected chi connectivity index (χ2v) is 5.45. The van der Waals surface area contributed by atoms with Gasteiger partial charge >= 0.3 is 0 Å². The molecule has 0 spiro atoms. The van der Waals surface area contributed by atoms with Crippen molar-refractivity contribution >= 4 is 27.4 Å². The third kappa shape index (κ3) is 1.84. The molecule has 3 aromatic rings. The van der Waals surface area contributed by atoms with Crippen LogP contribution in [0.3, 0.4) is 0 Å². The molecule has 0 saturated heterocycles. The van der Waals surface area contributed by atoms with Crippen LogP contribution in [-0.2, 0) is 0 Å². The molecule has 0 fully saturated rings. The number of anilines is 1. The van der Waals surface area contributed by atoms with Crippen molar-refractivity contribution in [2.45, 2.75) is 13.8 Å². The van der Waals surface area contributed by atoms with Gasteiger partial charge in [0.15, 0.2) is 11.6 Å². The van der Waals surface area contributed by atoms with E-state index in [-0.39, 0.29) is 0 Å². The fourth-order valence-electron chi connectivity index (χ4n) is 1.96. The van der Waals surface area contributed by atoms with Gasteiger partial charge in [-0.05, 0) is 25.5 Å². The summed E-state index contributed by atoms with van der Waals surface area (Å²) < 4.78 is 13.7. The van der Waals surface area contributed by atoms with Crippen LogP contribution in [0.1, 0.15) is 10.4 Å². The monoisotopic (exact) mass is 274 g/mol. The molecule has 0 atom stereocenters. The predicted molar refractivity (Wildman–Crippen MR) is 74.5 cm³/mol. The van der Waals surface area contributed by atoms with E-state index < -0.39 is 5.82 Å². The number of nitrogens with two attached hydrogens (primary N) is 1. The lowest BCUT2D eigenvalue weighted by atomic mass is 10.2. The lowest BCUT2D eigenvalue weighted by molar-refractivity contribution is 0.624. The molecule has 0 aliphatic heterocycles. The van der Waals surface area contributed by atoms with Gasteiger partial charge in [0.05, 0.1) is 17.1 Å². The molecule has 3 heterocycles. The summed E-state index contributed by atoms with van der Waals surface area (Å²) in [5, 5.41) is 0.862. The van der Waals surface area contributed by atoms with Gasteiger partial charge in [-0.1, -0.05) is 0 Å². The van der Waals surface area contributed by atoms with Crippen molar-refractivity contribution in [2.75, 3.05) is 5.73 Å². The maximum atomic E-state index is 13.7. The third-order valence-corrected chi connectivity index (χ3v) is 4.17. The Morgan fingerprint density at radius 1 is 1.26 bits per heavy atom. The number of pyridine rings is 1. The van der Waals surface area contributed by atoms with Gasteiger partial charge in [0.1, 0.15) is 10.6 Å². The van der Waals surface area contributed by atoms with Gasteiger partial charge < -0.3 is 5.73 Å². The van der Waals surface area contributed by atoms with Crippen LogP contribution >= 0.6 is 11.3 Å².